The van der Waals surface area contributed by atoms with Crippen molar-refractivity contribution in [1.29, 1.82) is 0 Å². The van der Waals surface area contributed by atoms with Crippen molar-refractivity contribution in [3.63, 3.8) is 0 Å². The molecule has 0 spiro atoms. The Labute approximate surface area is 109 Å². The molecule has 2 aromatic heterocycles. The third kappa shape index (κ3) is 3.98. The van der Waals surface area contributed by atoms with Gasteiger partial charge in [0, 0.05) is 35.8 Å². The van der Waals surface area contributed by atoms with E-state index in [9.17, 15) is 0 Å². The van der Waals surface area contributed by atoms with Crippen molar-refractivity contribution in [3.05, 3.63) is 29.7 Å². The van der Waals surface area contributed by atoms with Crippen molar-refractivity contribution in [1.82, 2.24) is 15.0 Å². The topological polar surface area (TPSA) is 50.7 Å². The molecule has 0 amide bonds. The van der Waals surface area contributed by atoms with Gasteiger partial charge in [-0.1, -0.05) is 18.7 Å². The van der Waals surface area contributed by atoms with E-state index < -0.39 is 0 Å². The number of thioether (sulfide) groups is 1. The Bertz CT molecular complexity index is 444. The molecule has 0 aromatic carbocycles. The molecule has 4 nitrogen and oxygen atoms in total. The minimum atomic E-state index is 0.893. The highest BCUT2D eigenvalue weighted by Gasteiger charge is 2.02. The van der Waals surface area contributed by atoms with Gasteiger partial charge in [-0.05, 0) is 6.42 Å². The van der Waals surface area contributed by atoms with Crippen molar-refractivity contribution in [2.75, 3.05) is 11.9 Å². The first kappa shape index (κ1) is 12.3. The van der Waals surface area contributed by atoms with Crippen molar-refractivity contribution < 1.29 is 0 Å². The van der Waals surface area contributed by atoms with Crippen LogP contribution in [0.15, 0.2) is 29.8 Å². The standard InChI is InChI=1S/C11H14N4S2/c1-2-3-14-11-15-6-9(17-11)8-16-10-7-12-4-5-13-10/h4-7H,2-3,8H2,1H3,(H,14,15). The molecule has 2 aromatic rings. The average Bonchev–Trinajstić information content (AvgIpc) is 2.83. The van der Waals surface area contributed by atoms with Crippen LogP contribution in [0.4, 0.5) is 5.13 Å². The van der Waals surface area contributed by atoms with Crippen LogP contribution in [0, 0.1) is 0 Å². The molecule has 2 heterocycles. The van der Waals surface area contributed by atoms with Crippen molar-refractivity contribution in [2.24, 2.45) is 0 Å². The van der Waals surface area contributed by atoms with Crippen LogP contribution in [-0.2, 0) is 5.75 Å². The lowest BCUT2D eigenvalue weighted by Gasteiger charge is -1.97. The second-order valence-corrected chi connectivity index (χ2v) is 5.50. The Morgan fingerprint density at radius 3 is 3.00 bits per heavy atom. The van der Waals surface area contributed by atoms with Crippen LogP contribution in [0.25, 0.3) is 0 Å². The summed E-state index contributed by atoms with van der Waals surface area (Å²) in [5, 5.41) is 5.23. The van der Waals surface area contributed by atoms with Gasteiger partial charge in [0.2, 0.25) is 0 Å². The first-order valence-corrected chi connectivity index (χ1v) is 7.26. The minimum absolute atomic E-state index is 0.893. The molecule has 17 heavy (non-hydrogen) atoms. The third-order valence-corrected chi connectivity index (χ3v) is 4.08. The highest BCUT2D eigenvalue weighted by molar-refractivity contribution is 7.98. The molecule has 0 aliphatic heterocycles. The summed E-state index contributed by atoms with van der Waals surface area (Å²) in [5.74, 6) is 0.893. The van der Waals surface area contributed by atoms with Crippen LogP contribution in [0.1, 0.15) is 18.2 Å². The molecule has 0 aliphatic rings. The van der Waals surface area contributed by atoms with E-state index >= 15 is 0 Å². The van der Waals surface area contributed by atoms with Crippen LogP contribution >= 0.6 is 23.1 Å². The molecule has 0 bridgehead atoms. The summed E-state index contributed by atoms with van der Waals surface area (Å²) >= 11 is 3.38. The quantitative estimate of drug-likeness (QED) is 0.814. The Hall–Kier alpha value is -1.14. The zero-order chi connectivity index (χ0) is 11.9. The molecule has 0 saturated carbocycles. The predicted molar refractivity (Wildman–Crippen MR) is 72.5 cm³/mol. The maximum absolute atomic E-state index is 4.32. The molecule has 1 N–H and O–H groups in total. The number of thiazole rings is 1. The van der Waals surface area contributed by atoms with Gasteiger partial charge < -0.3 is 5.32 Å². The highest BCUT2D eigenvalue weighted by Crippen LogP contribution is 2.25. The highest BCUT2D eigenvalue weighted by atomic mass is 32.2. The Morgan fingerprint density at radius 2 is 2.24 bits per heavy atom. The number of anilines is 1. The number of aromatic nitrogens is 3. The fourth-order valence-electron chi connectivity index (χ4n) is 1.19. The van der Waals surface area contributed by atoms with E-state index in [4.69, 9.17) is 0 Å². The normalized spacial score (nSPS) is 10.4. The Morgan fingerprint density at radius 1 is 1.29 bits per heavy atom. The monoisotopic (exact) mass is 266 g/mol. The molecule has 90 valence electrons. The van der Waals surface area contributed by atoms with E-state index in [1.165, 1.54) is 4.88 Å². The Kier molecular flexibility index (Phi) is 4.75. The second-order valence-electron chi connectivity index (χ2n) is 3.39. The molecule has 0 saturated heterocycles. The largest absolute Gasteiger partial charge is 0.362 e. The van der Waals surface area contributed by atoms with E-state index in [2.05, 4.69) is 27.2 Å². The lowest BCUT2D eigenvalue weighted by molar-refractivity contribution is 0.976. The number of rotatable bonds is 6. The molecule has 0 radical (unpaired) electrons. The predicted octanol–water partition coefficient (Wildman–Crippen LogP) is 3.05. The summed E-state index contributed by atoms with van der Waals surface area (Å²) < 4.78 is 0. The lowest BCUT2D eigenvalue weighted by Crippen LogP contribution is -1.97. The fraction of sp³-hybridized carbons (Fsp3) is 0.364. The molecular weight excluding hydrogens is 252 g/mol. The molecule has 2 rings (SSSR count). The van der Waals surface area contributed by atoms with E-state index in [1.807, 2.05) is 6.20 Å². The zero-order valence-corrected chi connectivity index (χ0v) is 11.2. The second kappa shape index (κ2) is 6.56. The SMILES string of the molecule is CCCNc1ncc(CSc2cnccn2)s1. The van der Waals surface area contributed by atoms with Gasteiger partial charge in [0.1, 0.15) is 5.03 Å². The average molecular weight is 266 g/mol. The van der Waals surface area contributed by atoms with Crippen molar-refractivity contribution in [3.8, 4) is 0 Å². The smallest absolute Gasteiger partial charge is 0.182 e. The van der Waals surface area contributed by atoms with Gasteiger partial charge in [-0.3, -0.25) is 4.98 Å². The number of hydrogen-bond acceptors (Lipinski definition) is 6. The number of nitrogens with one attached hydrogen (secondary N) is 1. The fourth-order valence-corrected chi connectivity index (χ4v) is 2.87. The lowest BCUT2D eigenvalue weighted by atomic mass is 10.5. The van der Waals surface area contributed by atoms with E-state index in [-0.39, 0.29) is 0 Å². The van der Waals surface area contributed by atoms with Gasteiger partial charge in [-0.15, -0.1) is 11.3 Å². The van der Waals surface area contributed by atoms with E-state index in [0.717, 1.165) is 28.9 Å². The summed E-state index contributed by atoms with van der Waals surface area (Å²) in [6, 6.07) is 0. The zero-order valence-electron chi connectivity index (χ0n) is 9.59. The molecule has 0 aliphatic carbocycles. The van der Waals surface area contributed by atoms with Crippen LogP contribution < -0.4 is 5.32 Å². The van der Waals surface area contributed by atoms with Crippen molar-refractivity contribution >= 4 is 28.2 Å². The summed E-state index contributed by atoms with van der Waals surface area (Å²) in [6.45, 7) is 3.12. The van der Waals surface area contributed by atoms with Gasteiger partial charge in [-0.2, -0.15) is 0 Å². The summed E-state index contributed by atoms with van der Waals surface area (Å²) in [5.41, 5.74) is 0. The van der Waals surface area contributed by atoms with Crippen LogP contribution in [0.3, 0.4) is 0 Å². The van der Waals surface area contributed by atoms with Crippen LogP contribution in [0.2, 0.25) is 0 Å². The van der Waals surface area contributed by atoms with E-state index in [0.29, 0.717) is 0 Å². The van der Waals surface area contributed by atoms with Gasteiger partial charge in [0.05, 0.1) is 6.20 Å². The first-order chi connectivity index (χ1) is 8.38. The Balaban J connectivity index is 1.85. The summed E-state index contributed by atoms with van der Waals surface area (Å²) in [6.07, 6.45) is 8.21. The molecule has 6 heteroatoms. The van der Waals surface area contributed by atoms with Crippen LogP contribution in [0.5, 0.6) is 0 Å². The van der Waals surface area contributed by atoms with Crippen LogP contribution in [-0.4, -0.2) is 21.5 Å². The number of hydrogen-bond donors (Lipinski definition) is 1. The molecule has 0 unspecified atom stereocenters. The number of nitrogens with zero attached hydrogens (tertiary/aromatic N) is 3. The maximum atomic E-state index is 4.32. The molecular formula is C11H14N4S2. The van der Waals surface area contributed by atoms with Crippen molar-refractivity contribution in [2.45, 2.75) is 24.1 Å². The summed E-state index contributed by atoms with van der Waals surface area (Å²) in [7, 11) is 0. The molecule has 0 atom stereocenters. The first-order valence-electron chi connectivity index (χ1n) is 5.46. The van der Waals surface area contributed by atoms with Gasteiger partial charge in [0.25, 0.3) is 0 Å². The van der Waals surface area contributed by atoms with E-state index in [1.54, 1.807) is 41.7 Å². The molecule has 0 fully saturated rings. The minimum Gasteiger partial charge on any atom is -0.362 e. The summed E-state index contributed by atoms with van der Waals surface area (Å²) in [4.78, 5) is 13.8. The van der Waals surface area contributed by atoms with Gasteiger partial charge in [0.15, 0.2) is 5.13 Å². The van der Waals surface area contributed by atoms with Gasteiger partial charge >= 0.3 is 0 Å². The third-order valence-electron chi connectivity index (χ3n) is 1.98. The maximum Gasteiger partial charge on any atom is 0.182 e. The van der Waals surface area contributed by atoms with Gasteiger partial charge in [-0.25, -0.2) is 9.97 Å².